The zero-order valence-electron chi connectivity index (χ0n) is 19.7. The Labute approximate surface area is 217 Å². The molecule has 0 spiro atoms. The fourth-order valence-corrected chi connectivity index (χ4v) is 5.63. The van der Waals surface area contributed by atoms with E-state index in [0.717, 1.165) is 24.3 Å². The van der Waals surface area contributed by atoms with Gasteiger partial charge >= 0.3 is 6.18 Å². The number of benzene rings is 2. The van der Waals surface area contributed by atoms with Gasteiger partial charge in [-0.2, -0.15) is 13.2 Å². The van der Waals surface area contributed by atoms with E-state index in [0.29, 0.717) is 0 Å². The second-order valence-electron chi connectivity index (χ2n) is 9.57. The largest absolute Gasteiger partial charge is 0.511 e. The molecule has 2 aromatic rings. The van der Waals surface area contributed by atoms with Crippen LogP contribution in [0.4, 0.5) is 13.2 Å². The number of hydrogen-bond donors (Lipinski definition) is 6. The molecule has 9 nitrogen and oxygen atoms in total. The predicted octanol–water partition coefficient (Wildman–Crippen LogP) is 2.57. The smallest absolute Gasteiger partial charge is 0.416 e. The average Bonchev–Trinajstić information content (AvgIpc) is 2.85. The van der Waals surface area contributed by atoms with Crippen molar-refractivity contribution >= 4 is 29.1 Å². The number of hydrogen-bond acceptors (Lipinski definition) is 8. The van der Waals surface area contributed by atoms with Crippen molar-refractivity contribution in [3.8, 4) is 5.75 Å². The third-order valence-corrected chi connectivity index (χ3v) is 7.46. The number of Topliss-reactive ketones (excluding diaryl/α,β-unsaturated/α-hetero) is 2. The standard InChI is InChI=1S/C27H20F3NO8/c28-27(29,30)11-6-4-10(5-7-11)8-13-12-2-1-3-15(32)17(12)22(35)20-18(13)21(34)14-9-16(33)19(25(31)38)23(36)26(14,39)24(20)37/h1-8,14,18,21,32-34,37,39H,9H2,(H2,31,38)/b13-8+/t14-,18-,21-,26-/m1/s1. The minimum absolute atomic E-state index is 0.0768. The zero-order valence-corrected chi connectivity index (χ0v) is 19.7. The molecule has 0 saturated carbocycles. The number of allylic oxidation sites excluding steroid dienone is 1. The average molecular weight is 543 g/mol. The molecule has 12 heteroatoms. The van der Waals surface area contributed by atoms with Crippen molar-refractivity contribution in [2.24, 2.45) is 17.6 Å². The molecule has 3 aliphatic rings. The molecule has 7 N–H and O–H groups in total. The lowest BCUT2D eigenvalue weighted by atomic mass is 9.57. The van der Waals surface area contributed by atoms with Crippen molar-refractivity contribution in [2.45, 2.75) is 24.3 Å². The Kier molecular flexibility index (Phi) is 5.74. The number of aromatic hydroxyl groups is 1. The summed E-state index contributed by atoms with van der Waals surface area (Å²) in [4.78, 5) is 38.5. The van der Waals surface area contributed by atoms with Gasteiger partial charge in [-0.05, 0) is 34.9 Å². The summed E-state index contributed by atoms with van der Waals surface area (Å²) < 4.78 is 39.2. The molecule has 3 aliphatic carbocycles. The van der Waals surface area contributed by atoms with Gasteiger partial charge in [-0.25, -0.2) is 0 Å². The maximum atomic E-state index is 13.6. The third-order valence-electron chi connectivity index (χ3n) is 7.46. The summed E-state index contributed by atoms with van der Waals surface area (Å²) in [6, 6.07) is 7.89. The lowest BCUT2D eigenvalue weighted by Gasteiger charge is -2.49. The van der Waals surface area contributed by atoms with Crippen molar-refractivity contribution in [3.63, 3.8) is 0 Å². The fourth-order valence-electron chi connectivity index (χ4n) is 5.63. The minimum Gasteiger partial charge on any atom is -0.511 e. The number of carbonyl (C=O) groups is 3. The van der Waals surface area contributed by atoms with E-state index in [4.69, 9.17) is 5.73 Å². The van der Waals surface area contributed by atoms with Gasteiger partial charge in [0.2, 0.25) is 5.78 Å². The van der Waals surface area contributed by atoms with Crippen LogP contribution in [0.1, 0.15) is 33.5 Å². The summed E-state index contributed by atoms with van der Waals surface area (Å²) in [5.41, 5.74) is -0.411. The summed E-state index contributed by atoms with van der Waals surface area (Å²) in [7, 11) is 0. The zero-order chi connectivity index (χ0) is 28.6. The number of carbonyl (C=O) groups excluding carboxylic acids is 3. The van der Waals surface area contributed by atoms with Crippen LogP contribution in [0.5, 0.6) is 5.75 Å². The SMILES string of the molecule is NC(=O)C1=C(O)C[C@@H]2[C@@H](O)[C@H]3C(=C(O)[C@]2(O)C1=O)C(=O)c1c(O)cccc1/C3=C\c1ccc(C(F)(F)F)cc1. The van der Waals surface area contributed by atoms with Gasteiger partial charge in [0.25, 0.3) is 5.91 Å². The summed E-state index contributed by atoms with van der Waals surface area (Å²) in [6.45, 7) is 0. The lowest BCUT2D eigenvalue weighted by molar-refractivity contribution is -0.152. The van der Waals surface area contributed by atoms with Crippen LogP contribution in [-0.2, 0) is 15.8 Å². The number of primary amides is 1. The highest BCUT2D eigenvalue weighted by Gasteiger charge is 2.63. The molecule has 0 heterocycles. The van der Waals surface area contributed by atoms with E-state index in [-0.39, 0.29) is 22.3 Å². The van der Waals surface area contributed by atoms with Crippen LogP contribution in [-0.4, -0.2) is 54.7 Å². The van der Waals surface area contributed by atoms with Crippen molar-refractivity contribution < 1.29 is 53.1 Å². The van der Waals surface area contributed by atoms with Crippen molar-refractivity contribution in [2.75, 3.05) is 0 Å². The highest BCUT2D eigenvalue weighted by atomic mass is 19.4. The Hall–Kier alpha value is -4.42. The van der Waals surface area contributed by atoms with Gasteiger partial charge in [0.05, 0.1) is 22.8 Å². The first-order valence-corrected chi connectivity index (χ1v) is 11.6. The number of halogens is 3. The Bertz CT molecular complexity index is 1550. The number of amides is 1. The molecule has 0 fully saturated rings. The van der Waals surface area contributed by atoms with Gasteiger partial charge in [0.1, 0.15) is 22.8 Å². The topological polar surface area (TPSA) is 178 Å². The molecule has 0 bridgehead atoms. The van der Waals surface area contributed by atoms with E-state index < -0.39 is 87.6 Å². The highest BCUT2D eigenvalue weighted by Crippen LogP contribution is 2.55. The molecule has 39 heavy (non-hydrogen) atoms. The van der Waals surface area contributed by atoms with Gasteiger partial charge in [-0.3, -0.25) is 14.4 Å². The number of phenolic OH excluding ortho intramolecular Hbond substituents is 1. The molecule has 0 aromatic heterocycles. The van der Waals surface area contributed by atoms with E-state index in [1.807, 2.05) is 0 Å². The van der Waals surface area contributed by atoms with Crippen molar-refractivity contribution in [3.05, 3.63) is 87.4 Å². The van der Waals surface area contributed by atoms with E-state index >= 15 is 0 Å². The van der Waals surface area contributed by atoms with Crippen molar-refractivity contribution in [1.82, 2.24) is 0 Å². The second-order valence-corrected chi connectivity index (χ2v) is 9.57. The monoisotopic (exact) mass is 543 g/mol. The minimum atomic E-state index is -4.60. The Morgan fingerprint density at radius 1 is 1.05 bits per heavy atom. The fraction of sp³-hybridized carbons (Fsp3) is 0.222. The number of ketones is 2. The maximum absolute atomic E-state index is 13.6. The van der Waals surface area contributed by atoms with E-state index in [9.17, 15) is 53.1 Å². The molecule has 0 radical (unpaired) electrons. The predicted molar refractivity (Wildman–Crippen MR) is 128 cm³/mol. The van der Waals surface area contributed by atoms with E-state index in [1.54, 1.807) is 0 Å². The quantitative estimate of drug-likeness (QED) is 0.313. The van der Waals surface area contributed by atoms with Crippen LogP contribution in [0.25, 0.3) is 11.6 Å². The van der Waals surface area contributed by atoms with Crippen LogP contribution >= 0.6 is 0 Å². The summed E-state index contributed by atoms with van der Waals surface area (Å²) in [5, 5.41) is 54.9. The Balaban J connectivity index is 1.77. The maximum Gasteiger partial charge on any atom is 0.416 e. The molecule has 1 amide bonds. The summed E-state index contributed by atoms with van der Waals surface area (Å²) in [5.74, 6) is -9.62. The van der Waals surface area contributed by atoms with Gasteiger partial charge < -0.3 is 31.3 Å². The number of alkyl halides is 3. The molecule has 5 rings (SSSR count). The number of nitrogens with two attached hydrogens (primary N) is 1. The van der Waals surface area contributed by atoms with Crippen LogP contribution in [0.3, 0.4) is 0 Å². The number of aliphatic hydroxyl groups is 4. The van der Waals surface area contributed by atoms with Crippen LogP contribution in [0.2, 0.25) is 0 Å². The first-order valence-electron chi connectivity index (χ1n) is 11.6. The van der Waals surface area contributed by atoms with Gasteiger partial charge in [-0.1, -0.05) is 30.3 Å². The summed E-state index contributed by atoms with van der Waals surface area (Å²) in [6.07, 6.45) is -5.77. The number of rotatable bonds is 2. The van der Waals surface area contributed by atoms with Gasteiger partial charge in [0, 0.05) is 18.3 Å². The number of fused-ring (bicyclic) bond motifs is 3. The number of phenols is 1. The van der Waals surface area contributed by atoms with Crippen molar-refractivity contribution in [1.29, 1.82) is 0 Å². The lowest BCUT2D eigenvalue weighted by Crippen LogP contribution is -2.62. The highest BCUT2D eigenvalue weighted by molar-refractivity contribution is 6.25. The Morgan fingerprint density at radius 2 is 1.69 bits per heavy atom. The molecule has 0 unspecified atom stereocenters. The molecule has 0 saturated heterocycles. The van der Waals surface area contributed by atoms with E-state index in [1.165, 1.54) is 24.3 Å². The number of aliphatic hydroxyl groups excluding tert-OH is 3. The van der Waals surface area contributed by atoms with E-state index in [2.05, 4.69) is 0 Å². The molecule has 4 atom stereocenters. The third kappa shape index (κ3) is 3.67. The normalized spacial score (nSPS) is 27.8. The van der Waals surface area contributed by atoms with Gasteiger partial charge in [0.15, 0.2) is 11.4 Å². The molecule has 2 aromatic carbocycles. The molecular weight excluding hydrogens is 523 g/mol. The first-order chi connectivity index (χ1) is 18.2. The Morgan fingerprint density at radius 3 is 2.28 bits per heavy atom. The van der Waals surface area contributed by atoms with Crippen LogP contribution in [0.15, 0.2) is 65.1 Å². The first kappa shape index (κ1) is 26.2. The van der Waals surface area contributed by atoms with Crippen LogP contribution < -0.4 is 5.73 Å². The van der Waals surface area contributed by atoms with Gasteiger partial charge in [-0.15, -0.1) is 0 Å². The molecule has 202 valence electrons. The van der Waals surface area contributed by atoms with Crippen LogP contribution in [0, 0.1) is 11.8 Å². The molecular formula is C27H20F3NO8. The summed E-state index contributed by atoms with van der Waals surface area (Å²) >= 11 is 0. The second kappa shape index (κ2) is 8.55. The molecule has 0 aliphatic heterocycles.